The minimum Gasteiger partial charge on any atom is -0.389 e. The summed E-state index contributed by atoms with van der Waals surface area (Å²) < 4.78 is 0. The first-order valence-corrected chi connectivity index (χ1v) is 6.05. The van der Waals surface area contributed by atoms with Crippen molar-refractivity contribution in [3.63, 3.8) is 0 Å². The maximum atomic E-state index is 11.2. The van der Waals surface area contributed by atoms with Crippen LogP contribution in [0.15, 0.2) is 0 Å². The van der Waals surface area contributed by atoms with Gasteiger partial charge in [0.25, 0.3) is 0 Å². The van der Waals surface area contributed by atoms with E-state index in [1.54, 1.807) is 0 Å². The van der Waals surface area contributed by atoms with Crippen LogP contribution < -0.4 is 0 Å². The van der Waals surface area contributed by atoms with Crippen LogP contribution in [0, 0.1) is 0 Å². The van der Waals surface area contributed by atoms with Crippen molar-refractivity contribution >= 4 is 5.78 Å². The number of rotatable bonds is 1. The lowest BCUT2D eigenvalue weighted by atomic mass is 9.88. The van der Waals surface area contributed by atoms with Gasteiger partial charge < -0.3 is 5.11 Å². The molecule has 2 aliphatic rings. The topological polar surface area (TPSA) is 40.5 Å². The summed E-state index contributed by atoms with van der Waals surface area (Å²) in [5.41, 5.74) is -0.514. The zero-order valence-corrected chi connectivity index (χ0v) is 9.54. The minimum atomic E-state index is -0.514. The number of hydrogen-bond acceptors (Lipinski definition) is 3. The van der Waals surface area contributed by atoms with Crippen LogP contribution in [0.1, 0.15) is 45.4 Å². The number of piperidine rings is 1. The molecule has 0 bridgehead atoms. The molecule has 0 aromatic carbocycles. The molecule has 0 aromatic rings. The van der Waals surface area contributed by atoms with E-state index < -0.39 is 5.60 Å². The zero-order valence-electron chi connectivity index (χ0n) is 9.54. The van der Waals surface area contributed by atoms with E-state index in [2.05, 4.69) is 4.90 Å². The van der Waals surface area contributed by atoms with Crippen molar-refractivity contribution < 1.29 is 9.90 Å². The first kappa shape index (κ1) is 11.1. The molecule has 86 valence electrons. The van der Waals surface area contributed by atoms with Gasteiger partial charge in [-0.15, -0.1) is 0 Å². The van der Waals surface area contributed by atoms with Crippen molar-refractivity contribution in [1.82, 2.24) is 4.90 Å². The third kappa shape index (κ3) is 2.79. The molecular weight excluding hydrogens is 190 g/mol. The van der Waals surface area contributed by atoms with Gasteiger partial charge in [0.15, 0.2) is 0 Å². The van der Waals surface area contributed by atoms with Gasteiger partial charge in [-0.3, -0.25) is 9.69 Å². The second-order valence-corrected chi connectivity index (χ2v) is 5.34. The average Bonchev–Trinajstić information content (AvgIpc) is 2.17. The lowest BCUT2D eigenvalue weighted by molar-refractivity contribution is -0.121. The molecule has 1 unspecified atom stereocenters. The summed E-state index contributed by atoms with van der Waals surface area (Å²) in [5, 5.41) is 10.0. The summed E-state index contributed by atoms with van der Waals surface area (Å²) in [7, 11) is 0. The van der Waals surface area contributed by atoms with E-state index in [1.807, 2.05) is 6.92 Å². The van der Waals surface area contributed by atoms with Crippen LogP contribution in [-0.4, -0.2) is 40.5 Å². The molecule has 1 N–H and O–H groups in total. The van der Waals surface area contributed by atoms with Gasteiger partial charge in [-0.25, -0.2) is 0 Å². The number of carbonyl (C=O) groups is 1. The third-order valence-corrected chi connectivity index (χ3v) is 3.73. The van der Waals surface area contributed by atoms with Crippen molar-refractivity contribution in [2.24, 2.45) is 0 Å². The number of hydrogen-bond donors (Lipinski definition) is 1. The highest BCUT2D eigenvalue weighted by atomic mass is 16.3. The molecule has 2 rings (SSSR count). The van der Waals surface area contributed by atoms with Crippen molar-refractivity contribution in [3.05, 3.63) is 0 Å². The number of aliphatic hydroxyl groups is 1. The summed E-state index contributed by atoms with van der Waals surface area (Å²) in [4.78, 5) is 13.5. The maximum Gasteiger partial charge on any atom is 0.133 e. The Morgan fingerprint density at radius 3 is 2.67 bits per heavy atom. The van der Waals surface area contributed by atoms with Gasteiger partial charge in [0, 0.05) is 25.4 Å². The van der Waals surface area contributed by atoms with Crippen LogP contribution >= 0.6 is 0 Å². The third-order valence-electron chi connectivity index (χ3n) is 3.73. The van der Waals surface area contributed by atoms with Crippen LogP contribution in [0.3, 0.4) is 0 Å². The van der Waals surface area contributed by atoms with Gasteiger partial charge in [0.1, 0.15) is 5.78 Å². The molecule has 0 aromatic heterocycles. The van der Waals surface area contributed by atoms with Gasteiger partial charge in [0.05, 0.1) is 5.60 Å². The number of ketones is 1. The second-order valence-electron chi connectivity index (χ2n) is 5.34. The van der Waals surface area contributed by atoms with Crippen LogP contribution in [-0.2, 0) is 4.79 Å². The Balaban J connectivity index is 1.90. The molecule has 1 aliphatic heterocycles. The number of carbonyl (C=O) groups excluding carboxylic acids is 1. The van der Waals surface area contributed by atoms with Gasteiger partial charge in [0.2, 0.25) is 0 Å². The molecule has 0 radical (unpaired) electrons. The zero-order chi connectivity index (χ0) is 10.9. The summed E-state index contributed by atoms with van der Waals surface area (Å²) >= 11 is 0. The molecular formula is C12H21NO2. The fourth-order valence-electron chi connectivity index (χ4n) is 2.86. The molecule has 2 fully saturated rings. The van der Waals surface area contributed by atoms with Crippen LogP contribution in [0.5, 0.6) is 0 Å². The van der Waals surface area contributed by atoms with Gasteiger partial charge in [-0.2, -0.15) is 0 Å². The Labute approximate surface area is 91.5 Å². The predicted octanol–water partition coefficient (Wildman–Crippen LogP) is 1.34. The Hall–Kier alpha value is -0.410. The number of likely N-dealkylation sites (tertiary alicyclic amines) is 1. The maximum absolute atomic E-state index is 11.2. The van der Waals surface area contributed by atoms with E-state index in [-0.39, 0.29) is 0 Å². The fourth-order valence-corrected chi connectivity index (χ4v) is 2.86. The van der Waals surface area contributed by atoms with Crippen molar-refractivity contribution in [3.8, 4) is 0 Å². The van der Waals surface area contributed by atoms with E-state index in [9.17, 15) is 9.90 Å². The lowest BCUT2D eigenvalue weighted by Crippen LogP contribution is -2.51. The van der Waals surface area contributed by atoms with E-state index in [4.69, 9.17) is 0 Å². The summed E-state index contributed by atoms with van der Waals surface area (Å²) in [5.74, 6) is 0.412. The Morgan fingerprint density at radius 1 is 1.40 bits per heavy atom. The molecule has 1 aliphatic carbocycles. The Morgan fingerprint density at radius 2 is 2.07 bits per heavy atom. The molecule has 0 amide bonds. The van der Waals surface area contributed by atoms with E-state index >= 15 is 0 Å². The van der Waals surface area contributed by atoms with Crippen molar-refractivity contribution in [2.75, 3.05) is 13.1 Å². The fraction of sp³-hybridized carbons (Fsp3) is 0.917. The van der Waals surface area contributed by atoms with E-state index in [0.717, 1.165) is 51.6 Å². The van der Waals surface area contributed by atoms with Gasteiger partial charge >= 0.3 is 0 Å². The monoisotopic (exact) mass is 211 g/mol. The van der Waals surface area contributed by atoms with E-state index in [0.29, 0.717) is 11.8 Å². The average molecular weight is 211 g/mol. The first-order valence-electron chi connectivity index (χ1n) is 6.05. The van der Waals surface area contributed by atoms with Gasteiger partial charge in [-0.1, -0.05) is 0 Å². The highest BCUT2D eigenvalue weighted by molar-refractivity contribution is 5.79. The normalized spacial score (nSPS) is 35.7. The molecule has 1 heterocycles. The molecule has 0 spiro atoms. The Kier molecular flexibility index (Phi) is 3.12. The summed E-state index contributed by atoms with van der Waals surface area (Å²) in [6, 6.07) is 0.537. The Bertz CT molecular complexity index is 240. The number of nitrogens with zero attached hydrogens (tertiary/aromatic N) is 1. The predicted molar refractivity (Wildman–Crippen MR) is 58.7 cm³/mol. The smallest absolute Gasteiger partial charge is 0.133 e. The number of β-amino-alcohol motifs (C(OH)–C–C–N with tert-alkyl or cyclic N) is 1. The standard InChI is InChI=1S/C12H21NO2/c1-12(15)7-2-8-13(9-12)10-3-5-11(14)6-4-10/h10,15H,2-9H2,1H3. The SMILES string of the molecule is CC1(O)CCCN(C2CCC(=O)CC2)C1. The lowest BCUT2D eigenvalue weighted by Gasteiger charge is -2.42. The highest BCUT2D eigenvalue weighted by Gasteiger charge is 2.33. The molecule has 1 atom stereocenters. The van der Waals surface area contributed by atoms with Crippen LogP contribution in [0.25, 0.3) is 0 Å². The highest BCUT2D eigenvalue weighted by Crippen LogP contribution is 2.27. The summed E-state index contributed by atoms with van der Waals surface area (Å²) in [6.07, 6.45) is 5.46. The molecule has 1 saturated heterocycles. The quantitative estimate of drug-likeness (QED) is 0.711. The van der Waals surface area contributed by atoms with Crippen molar-refractivity contribution in [2.45, 2.75) is 57.1 Å². The first-order chi connectivity index (χ1) is 7.07. The van der Waals surface area contributed by atoms with Gasteiger partial charge in [-0.05, 0) is 39.2 Å². The van der Waals surface area contributed by atoms with Crippen LogP contribution in [0.2, 0.25) is 0 Å². The minimum absolute atomic E-state index is 0.412. The molecule has 3 nitrogen and oxygen atoms in total. The van der Waals surface area contributed by atoms with Crippen LogP contribution in [0.4, 0.5) is 0 Å². The molecule has 3 heteroatoms. The largest absolute Gasteiger partial charge is 0.389 e. The molecule has 1 saturated carbocycles. The molecule has 15 heavy (non-hydrogen) atoms. The summed E-state index contributed by atoms with van der Waals surface area (Å²) in [6.45, 7) is 3.80. The number of Topliss-reactive ketones (excluding diaryl/α,β-unsaturated/α-hetero) is 1. The van der Waals surface area contributed by atoms with E-state index in [1.165, 1.54) is 0 Å². The van der Waals surface area contributed by atoms with Crippen molar-refractivity contribution in [1.29, 1.82) is 0 Å². The second kappa shape index (κ2) is 4.22.